The number of carbonyl (C=O) groups excluding carboxylic acids is 1. The Balaban J connectivity index is 1.39. The van der Waals surface area contributed by atoms with Gasteiger partial charge in [-0.25, -0.2) is 22.8 Å². The maximum absolute atomic E-state index is 13.4. The number of fused-ring (bicyclic) bond motifs is 1. The lowest BCUT2D eigenvalue weighted by Gasteiger charge is -2.12. The summed E-state index contributed by atoms with van der Waals surface area (Å²) in [7, 11) is -4.18. The molecule has 0 unspecified atom stereocenters. The van der Waals surface area contributed by atoms with Crippen LogP contribution in [0.2, 0.25) is 0 Å². The molecule has 1 N–H and O–H groups in total. The van der Waals surface area contributed by atoms with Crippen LogP contribution in [0, 0.1) is 5.82 Å². The molecule has 2 aromatic heterocycles. The molecule has 0 radical (unpaired) electrons. The number of aromatic nitrogens is 2. The van der Waals surface area contributed by atoms with E-state index < -0.39 is 44.5 Å². The van der Waals surface area contributed by atoms with E-state index in [9.17, 15) is 30.8 Å². The highest BCUT2D eigenvalue weighted by Gasteiger charge is 2.30. The van der Waals surface area contributed by atoms with E-state index in [2.05, 4.69) is 14.7 Å². The summed E-state index contributed by atoms with van der Waals surface area (Å²) in [6, 6.07) is 9.70. The molecule has 0 saturated carbocycles. The molecule has 2 heterocycles. The molecule has 0 aliphatic heterocycles. The maximum Gasteiger partial charge on any atom is 0.416 e. The molecule has 12 heteroatoms. The second-order valence-corrected chi connectivity index (χ2v) is 9.67. The van der Waals surface area contributed by atoms with Gasteiger partial charge in [0.1, 0.15) is 17.7 Å². The van der Waals surface area contributed by atoms with Gasteiger partial charge in [0.25, 0.3) is 10.0 Å². The van der Waals surface area contributed by atoms with Crippen LogP contribution in [0.25, 0.3) is 22.2 Å². The second-order valence-electron chi connectivity index (χ2n) is 8.03. The number of nitrogens with one attached hydrogen (secondary N) is 1. The van der Waals surface area contributed by atoms with E-state index in [-0.39, 0.29) is 23.8 Å². The van der Waals surface area contributed by atoms with Gasteiger partial charge < -0.3 is 4.42 Å². The van der Waals surface area contributed by atoms with Crippen molar-refractivity contribution in [3.63, 3.8) is 0 Å². The van der Waals surface area contributed by atoms with Crippen molar-refractivity contribution in [1.82, 2.24) is 14.7 Å². The van der Waals surface area contributed by atoms with E-state index in [0.717, 1.165) is 24.3 Å². The average Bonchev–Trinajstić information content (AvgIpc) is 3.26. The van der Waals surface area contributed by atoms with Crippen LogP contribution in [0.15, 0.2) is 70.4 Å². The summed E-state index contributed by atoms with van der Waals surface area (Å²) in [4.78, 5) is 20.7. The number of ketones is 1. The smallest absolute Gasteiger partial charge is 0.416 e. The Morgan fingerprint density at radius 2 is 1.78 bits per heavy atom. The molecule has 0 amide bonds. The minimum atomic E-state index is -4.45. The van der Waals surface area contributed by atoms with Gasteiger partial charge in [0.2, 0.25) is 5.09 Å². The molecule has 0 bridgehead atoms. The van der Waals surface area contributed by atoms with Crippen molar-refractivity contribution < 1.29 is 35.2 Å². The minimum absolute atomic E-state index is 0.0571. The molecule has 188 valence electrons. The van der Waals surface area contributed by atoms with Crippen molar-refractivity contribution in [2.75, 3.05) is 0 Å². The first kappa shape index (κ1) is 25.5. The van der Waals surface area contributed by atoms with E-state index in [1.807, 2.05) is 0 Å². The number of alkyl halides is 3. The number of sulfonamides is 1. The van der Waals surface area contributed by atoms with E-state index in [4.69, 9.17) is 4.42 Å². The lowest BCUT2D eigenvalue weighted by atomic mass is 10.1. The van der Waals surface area contributed by atoms with Crippen molar-refractivity contribution in [1.29, 1.82) is 0 Å². The fourth-order valence-electron chi connectivity index (χ4n) is 3.47. The number of furan rings is 1. The second kappa shape index (κ2) is 9.78. The van der Waals surface area contributed by atoms with Crippen molar-refractivity contribution in [2.24, 2.45) is 0 Å². The number of hydrogen-bond acceptors (Lipinski definition) is 6. The van der Waals surface area contributed by atoms with Crippen LogP contribution in [0.5, 0.6) is 0 Å². The van der Waals surface area contributed by atoms with E-state index in [1.165, 1.54) is 37.5 Å². The fraction of sp³-hybridized carbons (Fsp3) is 0.208. The van der Waals surface area contributed by atoms with Gasteiger partial charge >= 0.3 is 6.18 Å². The highest BCUT2D eigenvalue weighted by atomic mass is 32.2. The van der Waals surface area contributed by atoms with Crippen molar-refractivity contribution in [3.8, 4) is 11.3 Å². The van der Waals surface area contributed by atoms with E-state index in [0.29, 0.717) is 17.0 Å². The molecule has 36 heavy (non-hydrogen) atoms. The van der Waals surface area contributed by atoms with Crippen LogP contribution in [-0.4, -0.2) is 30.2 Å². The van der Waals surface area contributed by atoms with Crippen LogP contribution in [0.3, 0.4) is 0 Å². The van der Waals surface area contributed by atoms with Gasteiger partial charge in [-0.15, -0.1) is 0 Å². The first-order chi connectivity index (χ1) is 16.9. The van der Waals surface area contributed by atoms with Crippen molar-refractivity contribution in [3.05, 3.63) is 78.0 Å². The molecular weight excluding hydrogens is 502 g/mol. The Labute approximate surface area is 203 Å². The highest BCUT2D eigenvalue weighted by molar-refractivity contribution is 7.89. The number of aryl methyl sites for hydroxylation is 1. The molecule has 0 aliphatic rings. The Morgan fingerprint density at radius 3 is 2.47 bits per heavy atom. The number of Topliss-reactive ketones (excluding diaryl/α,β-unsaturated/α-hetero) is 1. The number of nitrogens with zero attached hydrogens (tertiary/aromatic N) is 2. The topological polar surface area (TPSA) is 102 Å². The van der Waals surface area contributed by atoms with Gasteiger partial charge in [-0.3, -0.25) is 4.79 Å². The van der Waals surface area contributed by atoms with Crippen LogP contribution in [-0.2, 0) is 27.4 Å². The largest absolute Gasteiger partial charge is 0.443 e. The summed E-state index contributed by atoms with van der Waals surface area (Å²) in [6.07, 6.45) is -3.11. The normalized spacial score (nSPS) is 13.1. The Morgan fingerprint density at radius 1 is 1.06 bits per heavy atom. The molecule has 7 nitrogen and oxygen atoms in total. The predicted octanol–water partition coefficient (Wildman–Crippen LogP) is 4.92. The number of halogens is 4. The molecule has 2 aromatic carbocycles. The molecule has 0 fully saturated rings. The van der Waals surface area contributed by atoms with Crippen LogP contribution in [0.4, 0.5) is 17.6 Å². The van der Waals surface area contributed by atoms with E-state index >= 15 is 0 Å². The average molecular weight is 521 g/mol. The molecule has 4 aromatic rings. The lowest BCUT2D eigenvalue weighted by molar-refractivity contribution is -0.137. The van der Waals surface area contributed by atoms with Crippen LogP contribution in [0.1, 0.15) is 24.6 Å². The van der Waals surface area contributed by atoms with Gasteiger partial charge in [-0.05, 0) is 49.7 Å². The summed E-state index contributed by atoms with van der Waals surface area (Å²) in [5.74, 6) is -0.967. The summed E-state index contributed by atoms with van der Waals surface area (Å²) in [6.45, 7) is 1.38. The zero-order chi connectivity index (χ0) is 26.1. The molecule has 0 spiro atoms. The molecule has 0 aliphatic carbocycles. The third-order valence-corrected chi connectivity index (χ3v) is 6.79. The molecule has 4 rings (SSSR count). The quantitative estimate of drug-likeness (QED) is 0.331. The Bertz CT molecular complexity index is 1520. The summed E-state index contributed by atoms with van der Waals surface area (Å²) < 4.78 is 84.4. The zero-order valence-electron chi connectivity index (χ0n) is 18.7. The van der Waals surface area contributed by atoms with Gasteiger partial charge in [-0.1, -0.05) is 12.1 Å². The van der Waals surface area contributed by atoms with Crippen LogP contribution >= 0.6 is 0 Å². The standard InChI is InChI=1S/C24H19F4N3O4S/c1-14(31-36(33,34)23-11-16-10-18(25)6-9-22(16)35-23)21(32)8-7-19-12-20(30-13-29-19)15-2-4-17(5-3-15)24(26,27)28/h2-6,9-14,31H,7-8H2,1H3/t14-/m0/s1. The monoisotopic (exact) mass is 521 g/mol. The van der Waals surface area contributed by atoms with Crippen molar-refractivity contribution >= 4 is 26.8 Å². The van der Waals surface area contributed by atoms with Crippen molar-refractivity contribution in [2.45, 2.75) is 37.1 Å². The van der Waals surface area contributed by atoms with Gasteiger partial charge in [-0.2, -0.15) is 17.9 Å². The van der Waals surface area contributed by atoms with Gasteiger partial charge in [0.05, 0.1) is 17.3 Å². The number of rotatable bonds is 8. The third kappa shape index (κ3) is 5.77. The zero-order valence-corrected chi connectivity index (χ0v) is 19.5. The third-order valence-electron chi connectivity index (χ3n) is 5.39. The first-order valence-corrected chi connectivity index (χ1v) is 12.1. The molecule has 1 atom stereocenters. The number of hydrogen-bond donors (Lipinski definition) is 1. The van der Waals surface area contributed by atoms with E-state index in [1.54, 1.807) is 6.07 Å². The van der Waals surface area contributed by atoms with Gasteiger partial charge in [0.15, 0.2) is 5.78 Å². The maximum atomic E-state index is 13.4. The van der Waals surface area contributed by atoms with Gasteiger partial charge in [0, 0.05) is 29.1 Å². The highest BCUT2D eigenvalue weighted by Crippen LogP contribution is 2.30. The number of benzene rings is 2. The Kier molecular flexibility index (Phi) is 6.92. The predicted molar refractivity (Wildman–Crippen MR) is 122 cm³/mol. The number of carbonyl (C=O) groups is 1. The summed E-state index contributed by atoms with van der Waals surface area (Å²) in [5.41, 5.74) is 0.699. The van der Waals surface area contributed by atoms with Crippen LogP contribution < -0.4 is 4.72 Å². The Hall–Kier alpha value is -3.64. The minimum Gasteiger partial charge on any atom is -0.443 e. The SMILES string of the molecule is C[C@H](NS(=O)(=O)c1cc2cc(F)ccc2o1)C(=O)CCc1cc(-c2ccc(C(F)(F)F)cc2)ncn1. The first-order valence-electron chi connectivity index (χ1n) is 10.6. The molecular formula is C24H19F4N3O4S. The summed E-state index contributed by atoms with van der Waals surface area (Å²) >= 11 is 0. The summed E-state index contributed by atoms with van der Waals surface area (Å²) in [5, 5.41) is -0.179. The lowest BCUT2D eigenvalue weighted by Crippen LogP contribution is -2.38. The fourth-order valence-corrected chi connectivity index (χ4v) is 4.66. The molecule has 0 saturated heterocycles.